The van der Waals surface area contributed by atoms with Crippen molar-refractivity contribution in [3.05, 3.63) is 35.4 Å². The van der Waals surface area contributed by atoms with Crippen LogP contribution in [0.15, 0.2) is 18.2 Å². The largest absolute Gasteiger partial charge is 0.465 e. The Kier molecular flexibility index (Phi) is 4.78. The first-order chi connectivity index (χ1) is 8.47. The fourth-order valence-electron chi connectivity index (χ4n) is 1.79. The molecule has 18 heavy (non-hydrogen) atoms. The van der Waals surface area contributed by atoms with Crippen LogP contribution in [0.4, 0.5) is 8.78 Å². The van der Waals surface area contributed by atoms with E-state index in [1.807, 2.05) is 0 Å². The fraction of sp³-hybridized carbons (Fsp3) is 0.462. The number of hydrogen-bond donors (Lipinski definition) is 1. The monoisotopic (exact) mass is 258 g/mol. The number of aliphatic hydroxyl groups excluding tert-OH is 1. The van der Waals surface area contributed by atoms with Crippen LogP contribution in [0, 0.1) is 11.6 Å². The molecule has 0 aromatic heterocycles. The molecule has 1 rings (SSSR count). The molecule has 0 aliphatic heterocycles. The van der Waals surface area contributed by atoms with Crippen LogP contribution in [0.2, 0.25) is 0 Å². The first kappa shape index (κ1) is 14.6. The van der Waals surface area contributed by atoms with Crippen molar-refractivity contribution in [1.29, 1.82) is 0 Å². The van der Waals surface area contributed by atoms with Crippen molar-refractivity contribution in [3.63, 3.8) is 0 Å². The lowest BCUT2D eigenvalue weighted by molar-refractivity contribution is -0.150. The van der Waals surface area contributed by atoms with Crippen molar-refractivity contribution in [2.45, 2.75) is 25.7 Å². The van der Waals surface area contributed by atoms with Gasteiger partial charge in [-0.3, -0.25) is 4.79 Å². The Hall–Kier alpha value is -1.49. The standard InChI is InChI=1S/C13H16F2O3/c1-3-18-12(17)13(2,7-8-16)9-5-4-6-10(14)11(9)15/h4-6,16H,3,7-8H2,1-2H3. The van der Waals surface area contributed by atoms with E-state index in [9.17, 15) is 13.6 Å². The normalized spacial score (nSPS) is 14.1. The van der Waals surface area contributed by atoms with Crippen molar-refractivity contribution in [2.75, 3.05) is 13.2 Å². The van der Waals surface area contributed by atoms with Gasteiger partial charge >= 0.3 is 5.97 Å². The van der Waals surface area contributed by atoms with Gasteiger partial charge in [0.25, 0.3) is 0 Å². The van der Waals surface area contributed by atoms with E-state index in [1.54, 1.807) is 6.92 Å². The van der Waals surface area contributed by atoms with Crippen molar-refractivity contribution in [3.8, 4) is 0 Å². The molecule has 0 aliphatic rings. The van der Waals surface area contributed by atoms with Gasteiger partial charge in [0, 0.05) is 12.2 Å². The molecule has 0 amide bonds. The number of aliphatic hydroxyl groups is 1. The van der Waals surface area contributed by atoms with E-state index in [4.69, 9.17) is 9.84 Å². The lowest BCUT2D eigenvalue weighted by Crippen LogP contribution is -2.36. The summed E-state index contributed by atoms with van der Waals surface area (Å²) in [6.45, 7) is 2.86. The molecule has 100 valence electrons. The van der Waals surface area contributed by atoms with Crippen molar-refractivity contribution in [2.24, 2.45) is 0 Å². The maximum atomic E-state index is 13.8. The Morgan fingerprint density at radius 1 is 1.44 bits per heavy atom. The SMILES string of the molecule is CCOC(=O)C(C)(CCO)c1cccc(F)c1F. The molecule has 1 aromatic rings. The van der Waals surface area contributed by atoms with Crippen LogP contribution in [0.1, 0.15) is 25.8 Å². The second-order valence-electron chi connectivity index (χ2n) is 4.13. The van der Waals surface area contributed by atoms with Crippen molar-refractivity contribution >= 4 is 5.97 Å². The van der Waals surface area contributed by atoms with Gasteiger partial charge in [-0.25, -0.2) is 8.78 Å². The molecule has 0 aliphatic carbocycles. The van der Waals surface area contributed by atoms with E-state index in [1.165, 1.54) is 19.1 Å². The van der Waals surface area contributed by atoms with E-state index in [0.29, 0.717) is 0 Å². The number of halogens is 2. The first-order valence-electron chi connectivity index (χ1n) is 5.70. The highest BCUT2D eigenvalue weighted by Crippen LogP contribution is 2.32. The van der Waals surface area contributed by atoms with E-state index in [-0.39, 0.29) is 25.2 Å². The Balaban J connectivity index is 3.26. The molecule has 1 N–H and O–H groups in total. The predicted molar refractivity (Wildman–Crippen MR) is 62.0 cm³/mol. The van der Waals surface area contributed by atoms with Gasteiger partial charge in [0.2, 0.25) is 0 Å². The summed E-state index contributed by atoms with van der Waals surface area (Å²) >= 11 is 0. The fourth-order valence-corrected chi connectivity index (χ4v) is 1.79. The zero-order valence-corrected chi connectivity index (χ0v) is 10.4. The highest BCUT2D eigenvalue weighted by molar-refractivity contribution is 5.82. The maximum absolute atomic E-state index is 13.8. The Bertz CT molecular complexity index is 434. The first-order valence-corrected chi connectivity index (χ1v) is 5.70. The third kappa shape index (κ3) is 2.67. The zero-order valence-electron chi connectivity index (χ0n) is 10.4. The summed E-state index contributed by atoms with van der Waals surface area (Å²) in [5, 5.41) is 9.02. The minimum Gasteiger partial charge on any atom is -0.465 e. The van der Waals surface area contributed by atoms with Crippen molar-refractivity contribution in [1.82, 2.24) is 0 Å². The second-order valence-corrected chi connectivity index (χ2v) is 4.13. The van der Waals surface area contributed by atoms with Gasteiger partial charge in [0.15, 0.2) is 11.6 Å². The molecule has 0 radical (unpaired) electrons. The third-order valence-corrected chi connectivity index (χ3v) is 2.88. The number of hydrogen-bond acceptors (Lipinski definition) is 3. The topological polar surface area (TPSA) is 46.5 Å². The van der Waals surface area contributed by atoms with Gasteiger partial charge in [-0.2, -0.15) is 0 Å². The molecule has 1 unspecified atom stereocenters. The van der Waals surface area contributed by atoms with Gasteiger partial charge in [-0.05, 0) is 26.3 Å². The highest BCUT2D eigenvalue weighted by atomic mass is 19.2. The third-order valence-electron chi connectivity index (χ3n) is 2.88. The summed E-state index contributed by atoms with van der Waals surface area (Å²) in [5.74, 6) is -2.79. The number of rotatable bonds is 5. The average molecular weight is 258 g/mol. The number of benzene rings is 1. The van der Waals surface area contributed by atoms with Crippen LogP contribution in [0.3, 0.4) is 0 Å². The molecule has 0 spiro atoms. The molecule has 0 heterocycles. The summed E-state index contributed by atoms with van der Waals surface area (Å²) in [5.41, 5.74) is -1.49. The van der Waals surface area contributed by atoms with Crippen LogP contribution < -0.4 is 0 Å². The van der Waals surface area contributed by atoms with Gasteiger partial charge in [0.1, 0.15) is 0 Å². The summed E-state index contributed by atoms with van der Waals surface area (Å²) < 4.78 is 31.8. The maximum Gasteiger partial charge on any atom is 0.316 e. The smallest absolute Gasteiger partial charge is 0.316 e. The quantitative estimate of drug-likeness (QED) is 0.823. The molecule has 0 bridgehead atoms. The molecular weight excluding hydrogens is 242 g/mol. The van der Waals surface area contributed by atoms with Gasteiger partial charge < -0.3 is 9.84 Å². The van der Waals surface area contributed by atoms with E-state index >= 15 is 0 Å². The number of esters is 1. The molecule has 0 saturated heterocycles. The van der Waals surface area contributed by atoms with Crippen LogP contribution >= 0.6 is 0 Å². The lowest BCUT2D eigenvalue weighted by Gasteiger charge is -2.27. The molecule has 0 saturated carbocycles. The predicted octanol–water partition coefficient (Wildman–Crippen LogP) is 2.17. The Labute approximate surface area is 104 Å². The number of ether oxygens (including phenoxy) is 1. The van der Waals surface area contributed by atoms with E-state index in [0.717, 1.165) is 6.07 Å². The van der Waals surface area contributed by atoms with E-state index in [2.05, 4.69) is 0 Å². The summed E-state index contributed by atoms with van der Waals surface area (Å²) in [6.07, 6.45) is -0.0355. The van der Waals surface area contributed by atoms with E-state index < -0.39 is 23.0 Å². The minimum absolute atomic E-state index is 0.0355. The van der Waals surface area contributed by atoms with Crippen molar-refractivity contribution < 1.29 is 23.4 Å². The van der Waals surface area contributed by atoms with Crippen LogP contribution in [-0.4, -0.2) is 24.3 Å². The number of carbonyl (C=O) groups excluding carboxylic acids is 1. The summed E-state index contributed by atoms with van der Waals surface area (Å²) in [7, 11) is 0. The lowest BCUT2D eigenvalue weighted by atomic mass is 9.79. The van der Waals surface area contributed by atoms with Crippen LogP contribution in [0.25, 0.3) is 0 Å². The van der Waals surface area contributed by atoms with Crippen LogP contribution in [-0.2, 0) is 14.9 Å². The number of carbonyl (C=O) groups is 1. The molecule has 1 aromatic carbocycles. The highest BCUT2D eigenvalue weighted by Gasteiger charge is 2.39. The minimum atomic E-state index is -1.39. The Morgan fingerprint density at radius 3 is 2.67 bits per heavy atom. The van der Waals surface area contributed by atoms with Gasteiger partial charge in [-0.1, -0.05) is 12.1 Å². The van der Waals surface area contributed by atoms with Gasteiger partial charge in [0.05, 0.1) is 12.0 Å². The molecule has 1 atom stereocenters. The summed E-state index contributed by atoms with van der Waals surface area (Å²) in [4.78, 5) is 11.9. The average Bonchev–Trinajstić information content (AvgIpc) is 2.33. The van der Waals surface area contributed by atoms with Gasteiger partial charge in [-0.15, -0.1) is 0 Å². The molecule has 5 heteroatoms. The zero-order chi connectivity index (χ0) is 13.8. The molecule has 3 nitrogen and oxygen atoms in total. The Morgan fingerprint density at radius 2 is 2.11 bits per heavy atom. The van der Waals surface area contributed by atoms with Crippen LogP contribution in [0.5, 0.6) is 0 Å². The summed E-state index contributed by atoms with van der Waals surface area (Å²) in [6, 6.07) is 3.62. The molecule has 0 fully saturated rings. The second kappa shape index (κ2) is 5.91. The molecular formula is C13H16F2O3.